The summed E-state index contributed by atoms with van der Waals surface area (Å²) in [7, 11) is 5.18. The van der Waals surface area contributed by atoms with Crippen molar-refractivity contribution < 1.29 is 24.5 Å². The summed E-state index contributed by atoms with van der Waals surface area (Å²) in [6.07, 6.45) is 4.97. The molecule has 0 radical (unpaired) electrons. The maximum absolute atomic E-state index is 13.8. The van der Waals surface area contributed by atoms with E-state index in [9.17, 15) is 15.0 Å². The number of carbonyl (C=O) groups is 1. The molecule has 1 aliphatic carbocycles. The Balaban J connectivity index is 1.70. The van der Waals surface area contributed by atoms with Crippen molar-refractivity contribution in [2.45, 2.75) is 55.4 Å². The number of amides is 1. The van der Waals surface area contributed by atoms with Gasteiger partial charge in [-0.05, 0) is 37.4 Å². The molecule has 1 aromatic rings. The molecule has 34 heavy (non-hydrogen) atoms. The fourth-order valence-electron chi connectivity index (χ4n) is 7.76. The van der Waals surface area contributed by atoms with Crippen molar-refractivity contribution in [3.63, 3.8) is 0 Å². The third kappa shape index (κ3) is 2.77. The van der Waals surface area contributed by atoms with Crippen molar-refractivity contribution in [1.82, 2.24) is 10.2 Å². The number of benzene rings is 1. The Bertz CT molecular complexity index is 1000. The molecule has 1 saturated heterocycles. The third-order valence-electron chi connectivity index (χ3n) is 9.03. The highest BCUT2D eigenvalue weighted by molar-refractivity contribution is 5.90. The van der Waals surface area contributed by atoms with Crippen LogP contribution in [0.15, 0.2) is 30.4 Å². The predicted octanol–water partition coefficient (Wildman–Crippen LogP) is 1.05. The average Bonchev–Trinajstić information content (AvgIpc) is 3.36. The number of fused-ring (bicyclic) bond motifs is 1. The van der Waals surface area contributed by atoms with Crippen LogP contribution in [0.3, 0.4) is 0 Å². The maximum Gasteiger partial charge on any atom is 0.256 e. The van der Waals surface area contributed by atoms with Gasteiger partial charge in [0.15, 0.2) is 5.60 Å². The monoisotopic (exact) mass is 471 g/mol. The summed E-state index contributed by atoms with van der Waals surface area (Å²) in [6.45, 7) is 4.60. The number of nitrogens with zero attached hydrogens (tertiary/aromatic N) is 2. The first kappa shape index (κ1) is 23.6. The van der Waals surface area contributed by atoms with Gasteiger partial charge in [0.2, 0.25) is 0 Å². The van der Waals surface area contributed by atoms with E-state index in [0.717, 1.165) is 36.5 Å². The van der Waals surface area contributed by atoms with E-state index in [4.69, 9.17) is 9.47 Å². The van der Waals surface area contributed by atoms with Crippen LogP contribution >= 0.6 is 0 Å². The number of likely N-dealkylation sites (N-methyl/N-ethyl adjacent to an activating group) is 1. The first-order chi connectivity index (χ1) is 16.3. The fourth-order valence-corrected chi connectivity index (χ4v) is 7.76. The first-order valence-corrected chi connectivity index (χ1v) is 12.3. The Kier molecular flexibility index (Phi) is 5.71. The molecular weight excluding hydrogens is 434 g/mol. The van der Waals surface area contributed by atoms with Crippen LogP contribution in [0.1, 0.15) is 31.7 Å². The second-order valence-electron chi connectivity index (χ2n) is 10.3. The number of methoxy groups -OCH3 is 2. The van der Waals surface area contributed by atoms with Crippen molar-refractivity contribution in [1.29, 1.82) is 0 Å². The highest BCUT2D eigenvalue weighted by atomic mass is 16.5. The molecule has 186 valence electrons. The van der Waals surface area contributed by atoms with Gasteiger partial charge < -0.3 is 29.9 Å². The van der Waals surface area contributed by atoms with Gasteiger partial charge >= 0.3 is 0 Å². The average molecular weight is 472 g/mol. The zero-order valence-electron chi connectivity index (χ0n) is 20.6. The minimum absolute atomic E-state index is 0.0198. The topological polar surface area (TPSA) is 94.5 Å². The molecular formula is C26H37N3O5. The summed E-state index contributed by atoms with van der Waals surface area (Å²) in [5.41, 5.74) is -1.18. The molecule has 3 aliphatic heterocycles. The van der Waals surface area contributed by atoms with E-state index in [2.05, 4.69) is 28.4 Å². The lowest BCUT2D eigenvalue weighted by Gasteiger charge is -2.63. The summed E-state index contributed by atoms with van der Waals surface area (Å²) in [5.74, 6) is 0.213. The quantitative estimate of drug-likeness (QED) is 0.404. The lowest BCUT2D eigenvalue weighted by molar-refractivity contribution is -0.203. The van der Waals surface area contributed by atoms with Crippen LogP contribution in [-0.2, 0) is 14.9 Å². The molecule has 0 aromatic heterocycles. The number of rotatable bonds is 7. The first-order valence-electron chi connectivity index (χ1n) is 12.3. The summed E-state index contributed by atoms with van der Waals surface area (Å²) >= 11 is 0. The standard InChI is InChI=1S/C26H37N3O5/c1-5-24-10-6-13-29-14-11-25(20(24)29)18-9-8-17(34-4)16-19(18)28(2)21(25)26(32,22(24)30)23(31)27-12-7-15-33-3/h6,8-10,16,20-22,30,32H,5,7,11-15H2,1-4H3,(H,27,31)/t20?,21?,22-,24-,25?,26+/m1/s1. The van der Waals surface area contributed by atoms with Gasteiger partial charge in [-0.1, -0.05) is 25.1 Å². The van der Waals surface area contributed by atoms with Crippen molar-refractivity contribution in [2.24, 2.45) is 5.41 Å². The van der Waals surface area contributed by atoms with Crippen LogP contribution in [0.2, 0.25) is 0 Å². The van der Waals surface area contributed by atoms with Crippen LogP contribution < -0.4 is 15.0 Å². The molecule has 1 saturated carbocycles. The van der Waals surface area contributed by atoms with E-state index < -0.39 is 34.5 Å². The number of ether oxygens (including phenoxy) is 2. The van der Waals surface area contributed by atoms with Crippen molar-refractivity contribution in [2.75, 3.05) is 52.4 Å². The second kappa shape index (κ2) is 8.22. The van der Waals surface area contributed by atoms with Gasteiger partial charge in [0.25, 0.3) is 5.91 Å². The second-order valence-corrected chi connectivity index (χ2v) is 10.3. The maximum atomic E-state index is 13.8. The number of anilines is 1. The number of nitrogens with one attached hydrogen (secondary N) is 1. The largest absolute Gasteiger partial charge is 0.497 e. The summed E-state index contributed by atoms with van der Waals surface area (Å²) in [4.78, 5) is 18.3. The van der Waals surface area contributed by atoms with Gasteiger partial charge in [-0.2, -0.15) is 0 Å². The van der Waals surface area contributed by atoms with E-state index in [1.807, 2.05) is 31.0 Å². The van der Waals surface area contributed by atoms with Crippen LogP contribution in [-0.4, -0.2) is 92.3 Å². The Labute approximate surface area is 201 Å². The number of aliphatic hydroxyl groups is 2. The summed E-state index contributed by atoms with van der Waals surface area (Å²) < 4.78 is 10.6. The number of hydrogen-bond acceptors (Lipinski definition) is 7. The van der Waals surface area contributed by atoms with E-state index in [0.29, 0.717) is 26.0 Å². The molecule has 0 bridgehead atoms. The van der Waals surface area contributed by atoms with Crippen LogP contribution in [0, 0.1) is 5.41 Å². The fraction of sp³-hybridized carbons (Fsp3) is 0.654. The van der Waals surface area contributed by atoms with Crippen molar-refractivity contribution in [3.05, 3.63) is 35.9 Å². The molecule has 8 heteroatoms. The lowest BCUT2D eigenvalue weighted by Crippen LogP contribution is -2.81. The zero-order chi connectivity index (χ0) is 24.3. The number of hydrogen-bond donors (Lipinski definition) is 3. The molecule has 4 aliphatic rings. The molecule has 1 aromatic carbocycles. The highest BCUT2D eigenvalue weighted by Crippen LogP contribution is 2.66. The zero-order valence-corrected chi connectivity index (χ0v) is 20.6. The van der Waals surface area contributed by atoms with Crippen LogP contribution in [0.5, 0.6) is 5.75 Å². The van der Waals surface area contributed by atoms with E-state index in [-0.39, 0.29) is 6.04 Å². The van der Waals surface area contributed by atoms with Gasteiger partial charge in [-0.15, -0.1) is 0 Å². The van der Waals surface area contributed by atoms with Crippen molar-refractivity contribution in [3.8, 4) is 5.75 Å². The normalized spacial score (nSPS) is 37.8. The molecule has 1 spiro atoms. The van der Waals surface area contributed by atoms with Crippen LogP contribution in [0.4, 0.5) is 5.69 Å². The number of carbonyl (C=O) groups excluding carboxylic acids is 1. The molecule has 6 atom stereocenters. The molecule has 2 fully saturated rings. The van der Waals surface area contributed by atoms with Gasteiger partial charge in [0, 0.05) is 62.5 Å². The smallest absolute Gasteiger partial charge is 0.256 e. The Morgan fingerprint density at radius 2 is 2.09 bits per heavy atom. The van der Waals surface area contributed by atoms with Gasteiger partial charge in [-0.25, -0.2) is 0 Å². The van der Waals surface area contributed by atoms with E-state index in [1.165, 1.54) is 0 Å². The molecule has 3 unspecified atom stereocenters. The highest BCUT2D eigenvalue weighted by Gasteiger charge is 2.78. The van der Waals surface area contributed by atoms with Crippen molar-refractivity contribution >= 4 is 11.6 Å². The van der Waals surface area contributed by atoms with Crippen LogP contribution in [0.25, 0.3) is 0 Å². The molecule has 8 nitrogen and oxygen atoms in total. The third-order valence-corrected chi connectivity index (χ3v) is 9.03. The van der Waals surface area contributed by atoms with E-state index in [1.54, 1.807) is 14.2 Å². The summed E-state index contributed by atoms with van der Waals surface area (Å²) in [5, 5.41) is 27.3. The lowest BCUT2D eigenvalue weighted by atomic mass is 9.47. The Morgan fingerprint density at radius 3 is 2.79 bits per heavy atom. The SMILES string of the molecule is CC[C@]12C=CCN3CCC4(c5ccc(OC)cc5N(C)C4[C@@](O)(C(=O)NCCCOC)[C@@H]1O)C32. The Morgan fingerprint density at radius 1 is 1.29 bits per heavy atom. The van der Waals surface area contributed by atoms with E-state index >= 15 is 0 Å². The van der Waals surface area contributed by atoms with Gasteiger partial charge in [0.05, 0.1) is 13.2 Å². The minimum atomic E-state index is -2.00. The summed E-state index contributed by atoms with van der Waals surface area (Å²) in [6, 6.07) is 5.42. The van der Waals surface area contributed by atoms with Gasteiger partial charge in [0.1, 0.15) is 11.9 Å². The predicted molar refractivity (Wildman–Crippen MR) is 129 cm³/mol. The molecule has 1 amide bonds. The molecule has 3 N–H and O–H groups in total. The molecule has 5 rings (SSSR count). The number of aliphatic hydroxyl groups excluding tert-OH is 1. The Hall–Kier alpha value is -2.13. The minimum Gasteiger partial charge on any atom is -0.497 e. The molecule has 3 heterocycles. The van der Waals surface area contributed by atoms with Gasteiger partial charge in [-0.3, -0.25) is 9.69 Å².